The van der Waals surface area contributed by atoms with Gasteiger partial charge in [0.05, 0.1) is 11.3 Å². The lowest BCUT2D eigenvalue weighted by Crippen LogP contribution is -2.13. The SMILES string of the molecule is Cc1c(C(N)=O)cc(-c2cc(-c3ccccc3)on2)n1CCc1ccc(Cl)cc1. The Bertz CT molecular complexity index is 1140. The second kappa shape index (κ2) is 7.97. The molecule has 6 heteroatoms. The van der Waals surface area contributed by atoms with Gasteiger partial charge in [-0.3, -0.25) is 4.79 Å². The molecule has 0 aliphatic heterocycles. The summed E-state index contributed by atoms with van der Waals surface area (Å²) in [4.78, 5) is 11.9. The topological polar surface area (TPSA) is 74.1 Å². The number of rotatable bonds is 6. The number of halogens is 1. The highest BCUT2D eigenvalue weighted by atomic mass is 35.5. The van der Waals surface area contributed by atoms with E-state index in [4.69, 9.17) is 21.9 Å². The third-order valence-electron chi connectivity index (χ3n) is 5.00. The van der Waals surface area contributed by atoms with E-state index < -0.39 is 5.91 Å². The lowest BCUT2D eigenvalue weighted by atomic mass is 10.1. The van der Waals surface area contributed by atoms with E-state index in [0.29, 0.717) is 28.6 Å². The van der Waals surface area contributed by atoms with Crippen molar-refractivity contribution in [1.82, 2.24) is 9.72 Å². The highest BCUT2D eigenvalue weighted by Gasteiger charge is 2.19. The van der Waals surface area contributed by atoms with Crippen LogP contribution >= 0.6 is 11.6 Å². The van der Waals surface area contributed by atoms with Crippen LogP contribution in [0.15, 0.2) is 71.3 Å². The average molecular weight is 406 g/mol. The average Bonchev–Trinajstić information content (AvgIpc) is 3.33. The molecule has 0 saturated carbocycles. The van der Waals surface area contributed by atoms with E-state index in [1.807, 2.05) is 67.6 Å². The Morgan fingerprint density at radius 3 is 2.52 bits per heavy atom. The molecule has 0 fully saturated rings. The molecule has 5 nitrogen and oxygen atoms in total. The van der Waals surface area contributed by atoms with Crippen molar-refractivity contribution in [3.63, 3.8) is 0 Å². The van der Waals surface area contributed by atoms with Crippen LogP contribution in [0.5, 0.6) is 0 Å². The molecule has 2 heterocycles. The van der Waals surface area contributed by atoms with E-state index >= 15 is 0 Å². The molecule has 0 aliphatic carbocycles. The number of benzene rings is 2. The molecule has 2 aromatic heterocycles. The van der Waals surface area contributed by atoms with Crippen molar-refractivity contribution in [3.05, 3.63) is 88.6 Å². The first-order chi connectivity index (χ1) is 14.0. The summed E-state index contributed by atoms with van der Waals surface area (Å²) in [5, 5.41) is 4.95. The van der Waals surface area contributed by atoms with Gasteiger partial charge in [0.25, 0.3) is 5.91 Å². The van der Waals surface area contributed by atoms with Crippen LogP contribution < -0.4 is 5.73 Å². The van der Waals surface area contributed by atoms with Gasteiger partial charge in [-0.2, -0.15) is 0 Å². The number of aromatic nitrogens is 2. The zero-order valence-electron chi connectivity index (χ0n) is 15.9. The van der Waals surface area contributed by atoms with Crippen LogP contribution in [0, 0.1) is 6.92 Å². The number of primary amides is 1. The largest absolute Gasteiger partial charge is 0.366 e. The van der Waals surface area contributed by atoms with Crippen LogP contribution in [0.2, 0.25) is 5.02 Å². The number of carbonyl (C=O) groups is 1. The number of hydrogen-bond donors (Lipinski definition) is 1. The highest BCUT2D eigenvalue weighted by Crippen LogP contribution is 2.29. The second-order valence-corrected chi connectivity index (χ2v) is 7.30. The smallest absolute Gasteiger partial charge is 0.250 e. The van der Waals surface area contributed by atoms with Gasteiger partial charge in [0.2, 0.25) is 0 Å². The molecular formula is C23H20ClN3O2. The van der Waals surface area contributed by atoms with Crippen molar-refractivity contribution in [1.29, 1.82) is 0 Å². The number of aryl methyl sites for hydroxylation is 1. The molecule has 4 aromatic rings. The van der Waals surface area contributed by atoms with Gasteiger partial charge in [-0.05, 0) is 37.1 Å². The molecule has 0 bridgehead atoms. The summed E-state index contributed by atoms with van der Waals surface area (Å²) in [6.45, 7) is 2.56. The Balaban J connectivity index is 1.69. The molecule has 146 valence electrons. The molecule has 4 rings (SSSR count). The lowest BCUT2D eigenvalue weighted by Gasteiger charge is -2.10. The molecule has 0 radical (unpaired) electrons. The third kappa shape index (κ3) is 3.96. The van der Waals surface area contributed by atoms with Gasteiger partial charge in [0.1, 0.15) is 5.69 Å². The van der Waals surface area contributed by atoms with Crippen LogP contribution in [-0.2, 0) is 13.0 Å². The lowest BCUT2D eigenvalue weighted by molar-refractivity contribution is 0.0999. The number of hydrogen-bond acceptors (Lipinski definition) is 3. The van der Waals surface area contributed by atoms with Gasteiger partial charge >= 0.3 is 0 Å². The fourth-order valence-corrected chi connectivity index (χ4v) is 3.55. The van der Waals surface area contributed by atoms with Crippen LogP contribution in [0.25, 0.3) is 22.7 Å². The minimum absolute atomic E-state index is 0.458. The molecule has 0 atom stereocenters. The summed E-state index contributed by atoms with van der Waals surface area (Å²) in [5.74, 6) is 0.213. The molecule has 2 N–H and O–H groups in total. The van der Waals surface area contributed by atoms with Crippen LogP contribution in [0.4, 0.5) is 0 Å². The van der Waals surface area contributed by atoms with E-state index in [1.165, 1.54) is 0 Å². The van der Waals surface area contributed by atoms with Gasteiger partial charge in [-0.1, -0.05) is 59.2 Å². The summed E-state index contributed by atoms with van der Waals surface area (Å²) in [6, 6.07) is 21.2. The fraction of sp³-hybridized carbons (Fsp3) is 0.130. The van der Waals surface area contributed by atoms with Gasteiger partial charge in [-0.15, -0.1) is 0 Å². The molecule has 1 amide bonds. The Morgan fingerprint density at radius 1 is 1.10 bits per heavy atom. The monoisotopic (exact) mass is 405 g/mol. The first kappa shape index (κ1) is 19.0. The van der Waals surface area contributed by atoms with E-state index in [0.717, 1.165) is 28.9 Å². The van der Waals surface area contributed by atoms with E-state index in [9.17, 15) is 4.79 Å². The number of carbonyl (C=O) groups excluding carboxylic acids is 1. The predicted molar refractivity (Wildman–Crippen MR) is 114 cm³/mol. The summed E-state index contributed by atoms with van der Waals surface area (Å²) in [6.07, 6.45) is 0.779. The van der Waals surface area contributed by atoms with Crippen molar-refractivity contribution in [2.75, 3.05) is 0 Å². The zero-order chi connectivity index (χ0) is 20.4. The van der Waals surface area contributed by atoms with Crippen LogP contribution in [0.1, 0.15) is 21.6 Å². The van der Waals surface area contributed by atoms with Gasteiger partial charge in [-0.25, -0.2) is 0 Å². The number of amides is 1. The number of nitrogens with zero attached hydrogens (tertiary/aromatic N) is 2. The Morgan fingerprint density at radius 2 is 1.83 bits per heavy atom. The van der Waals surface area contributed by atoms with Gasteiger partial charge in [0.15, 0.2) is 5.76 Å². The minimum Gasteiger partial charge on any atom is -0.366 e. The highest BCUT2D eigenvalue weighted by molar-refractivity contribution is 6.30. The van der Waals surface area contributed by atoms with Crippen molar-refractivity contribution in [3.8, 4) is 22.7 Å². The fourth-order valence-electron chi connectivity index (χ4n) is 3.42. The minimum atomic E-state index is -0.458. The Labute approximate surface area is 173 Å². The summed E-state index contributed by atoms with van der Waals surface area (Å²) in [7, 11) is 0. The maximum atomic E-state index is 11.9. The molecule has 0 unspecified atom stereocenters. The number of nitrogens with two attached hydrogens (primary N) is 1. The molecule has 0 aliphatic rings. The van der Waals surface area contributed by atoms with E-state index in [1.54, 1.807) is 6.07 Å². The molecule has 0 spiro atoms. The van der Waals surface area contributed by atoms with Gasteiger partial charge in [0, 0.05) is 28.9 Å². The second-order valence-electron chi connectivity index (χ2n) is 6.86. The molecule has 29 heavy (non-hydrogen) atoms. The van der Waals surface area contributed by atoms with Crippen molar-refractivity contribution in [2.45, 2.75) is 19.9 Å². The van der Waals surface area contributed by atoms with Crippen molar-refractivity contribution >= 4 is 17.5 Å². The summed E-state index contributed by atoms with van der Waals surface area (Å²) >= 11 is 5.98. The first-order valence-corrected chi connectivity index (χ1v) is 9.67. The molecule has 2 aromatic carbocycles. The first-order valence-electron chi connectivity index (χ1n) is 9.30. The Kier molecular flexibility index (Phi) is 5.23. The van der Waals surface area contributed by atoms with Crippen molar-refractivity contribution in [2.24, 2.45) is 5.73 Å². The Hall–Kier alpha value is -3.31. The van der Waals surface area contributed by atoms with E-state index in [2.05, 4.69) is 9.72 Å². The van der Waals surface area contributed by atoms with Crippen LogP contribution in [-0.4, -0.2) is 15.6 Å². The van der Waals surface area contributed by atoms with Crippen LogP contribution in [0.3, 0.4) is 0 Å². The van der Waals surface area contributed by atoms with Gasteiger partial charge < -0.3 is 14.8 Å². The zero-order valence-corrected chi connectivity index (χ0v) is 16.7. The predicted octanol–water partition coefficient (Wildman–Crippen LogP) is 5.11. The van der Waals surface area contributed by atoms with E-state index in [-0.39, 0.29) is 0 Å². The summed E-state index contributed by atoms with van der Waals surface area (Å²) in [5.41, 5.74) is 10.4. The maximum Gasteiger partial charge on any atom is 0.250 e. The standard InChI is InChI=1S/C23H20ClN3O2/c1-15-19(23(25)28)13-21(27(15)12-11-16-7-9-18(24)10-8-16)20-14-22(29-26-20)17-5-3-2-4-6-17/h2-10,13-14H,11-12H2,1H3,(H2,25,28). The quantitative estimate of drug-likeness (QED) is 0.484. The maximum absolute atomic E-state index is 11.9. The summed E-state index contributed by atoms with van der Waals surface area (Å²) < 4.78 is 7.61. The third-order valence-corrected chi connectivity index (χ3v) is 5.25. The normalized spacial score (nSPS) is 11.0. The van der Waals surface area contributed by atoms with Crippen molar-refractivity contribution < 1.29 is 9.32 Å². The molecule has 0 saturated heterocycles. The molecular weight excluding hydrogens is 386 g/mol.